The van der Waals surface area contributed by atoms with Crippen LogP contribution in [0.15, 0.2) is 12.1 Å². The van der Waals surface area contributed by atoms with Gasteiger partial charge < -0.3 is 25.3 Å². The number of nitro groups is 1. The molecule has 2 rings (SSSR count). The van der Waals surface area contributed by atoms with Gasteiger partial charge in [-0.15, -0.1) is 5.10 Å². The van der Waals surface area contributed by atoms with Crippen molar-refractivity contribution in [2.45, 2.75) is 13.8 Å². The first-order chi connectivity index (χ1) is 11.4. The van der Waals surface area contributed by atoms with Gasteiger partial charge in [0.2, 0.25) is 0 Å². The van der Waals surface area contributed by atoms with Gasteiger partial charge in [0.25, 0.3) is 0 Å². The number of hydrogen-bond acceptors (Lipinski definition) is 9. The molecule has 2 aromatic rings. The third-order valence-corrected chi connectivity index (χ3v) is 2.34. The minimum absolute atomic E-state index is 0.0893. The van der Waals surface area contributed by atoms with Crippen LogP contribution >= 0.6 is 0 Å². The Balaban J connectivity index is 0.000000243. The molecule has 0 bridgehead atoms. The van der Waals surface area contributed by atoms with Crippen molar-refractivity contribution in [1.82, 2.24) is 20.4 Å². The largest absolute Gasteiger partial charge is 0.461 e. The minimum atomic E-state index is -0.674. The van der Waals surface area contributed by atoms with E-state index in [2.05, 4.69) is 29.9 Å². The lowest BCUT2D eigenvalue weighted by molar-refractivity contribution is -0.389. The van der Waals surface area contributed by atoms with Crippen molar-refractivity contribution in [3.8, 4) is 0 Å². The quantitative estimate of drug-likeness (QED) is 0.400. The van der Waals surface area contributed by atoms with E-state index in [9.17, 15) is 19.7 Å². The fourth-order valence-corrected chi connectivity index (χ4v) is 1.37. The molecule has 0 radical (unpaired) electrons. The predicted molar refractivity (Wildman–Crippen MR) is 80.2 cm³/mol. The summed E-state index contributed by atoms with van der Waals surface area (Å²) in [4.78, 5) is 31.4. The van der Waals surface area contributed by atoms with Crippen molar-refractivity contribution >= 4 is 23.6 Å². The van der Waals surface area contributed by atoms with E-state index in [0.717, 1.165) is 6.07 Å². The minimum Gasteiger partial charge on any atom is -0.461 e. The maximum Gasteiger partial charge on any atom is 0.361 e. The molecule has 12 nitrogen and oxygen atoms in total. The molecule has 130 valence electrons. The van der Waals surface area contributed by atoms with Crippen LogP contribution in [-0.2, 0) is 9.47 Å². The molecule has 2 aromatic heterocycles. The smallest absolute Gasteiger partial charge is 0.361 e. The monoisotopic (exact) mass is 340 g/mol. The average Bonchev–Trinajstić information content (AvgIpc) is 3.17. The highest BCUT2D eigenvalue weighted by molar-refractivity contribution is 5.88. The molecule has 0 aromatic carbocycles. The molecule has 0 saturated heterocycles. The molecule has 0 spiro atoms. The lowest BCUT2D eigenvalue weighted by Gasteiger charge is -1.95. The Morgan fingerprint density at radius 1 is 1.17 bits per heavy atom. The first-order valence-corrected chi connectivity index (χ1v) is 6.73. The number of rotatable bonds is 5. The highest BCUT2D eigenvalue weighted by Gasteiger charge is 2.16. The molecule has 0 saturated carbocycles. The molecule has 0 aliphatic rings. The molecular formula is C12H16N6O6. The summed E-state index contributed by atoms with van der Waals surface area (Å²) < 4.78 is 9.25. The molecular weight excluding hydrogens is 324 g/mol. The number of H-pyrrole nitrogens is 2. The first-order valence-electron chi connectivity index (χ1n) is 6.73. The number of carbonyl (C=O) groups excluding carboxylic acids is 2. The Kier molecular flexibility index (Phi) is 6.88. The summed E-state index contributed by atoms with van der Waals surface area (Å²) in [5, 5.41) is 21.7. The van der Waals surface area contributed by atoms with Crippen LogP contribution in [0, 0.1) is 10.1 Å². The summed E-state index contributed by atoms with van der Waals surface area (Å²) >= 11 is 0. The molecule has 0 amide bonds. The Bertz CT molecular complexity index is 708. The van der Waals surface area contributed by atoms with Gasteiger partial charge in [-0.2, -0.15) is 5.10 Å². The normalized spacial score (nSPS) is 9.58. The van der Waals surface area contributed by atoms with Gasteiger partial charge in [0.15, 0.2) is 5.69 Å². The van der Waals surface area contributed by atoms with E-state index in [-0.39, 0.29) is 29.6 Å². The molecule has 12 heteroatoms. The zero-order valence-electron chi connectivity index (χ0n) is 12.9. The fourth-order valence-electron chi connectivity index (χ4n) is 1.37. The number of aromatic amines is 2. The van der Waals surface area contributed by atoms with Gasteiger partial charge in [-0.3, -0.25) is 5.10 Å². The number of esters is 2. The van der Waals surface area contributed by atoms with Gasteiger partial charge in [-0.05, 0) is 18.8 Å². The Morgan fingerprint density at radius 3 is 2.25 bits per heavy atom. The molecule has 0 aliphatic heterocycles. The third-order valence-electron chi connectivity index (χ3n) is 2.34. The number of aromatic nitrogens is 4. The number of anilines is 1. The second kappa shape index (κ2) is 8.87. The Labute approximate surface area is 135 Å². The standard InChI is InChI=1S/C6H7N3O4.C6H9N3O2/c1-2-13-6(10)4-3-5(8-7-4)9(11)12;1-2-11-6(10)4-3-5(7)9-8-4/h3H,2H2,1H3,(H,7,8);3H,2H2,1H3,(H3,7,8,9). The number of carbonyl (C=O) groups is 2. The van der Waals surface area contributed by atoms with Crippen LogP contribution in [0.25, 0.3) is 0 Å². The van der Waals surface area contributed by atoms with Gasteiger partial charge in [-0.1, -0.05) is 5.10 Å². The van der Waals surface area contributed by atoms with Crippen LogP contribution in [0.1, 0.15) is 34.8 Å². The van der Waals surface area contributed by atoms with E-state index in [0.29, 0.717) is 6.61 Å². The van der Waals surface area contributed by atoms with Gasteiger partial charge in [-0.25, -0.2) is 9.59 Å². The van der Waals surface area contributed by atoms with E-state index >= 15 is 0 Å². The lowest BCUT2D eigenvalue weighted by Crippen LogP contribution is -2.04. The van der Waals surface area contributed by atoms with E-state index in [1.54, 1.807) is 13.8 Å². The van der Waals surface area contributed by atoms with Gasteiger partial charge >= 0.3 is 17.8 Å². The number of nitrogens with zero attached hydrogens (tertiary/aromatic N) is 3. The molecule has 0 aliphatic carbocycles. The van der Waals surface area contributed by atoms with Crippen LogP contribution in [0.3, 0.4) is 0 Å². The third kappa shape index (κ3) is 5.40. The van der Waals surface area contributed by atoms with E-state index in [1.165, 1.54) is 6.07 Å². The van der Waals surface area contributed by atoms with Crippen molar-refractivity contribution in [3.05, 3.63) is 33.6 Å². The number of nitrogens with two attached hydrogens (primary N) is 1. The number of nitrogen functional groups attached to an aromatic ring is 1. The number of hydrogen-bond donors (Lipinski definition) is 3. The van der Waals surface area contributed by atoms with E-state index in [1.807, 2.05) is 0 Å². The fraction of sp³-hybridized carbons (Fsp3) is 0.333. The molecule has 0 unspecified atom stereocenters. The Hall–Kier alpha value is -3.44. The van der Waals surface area contributed by atoms with Gasteiger partial charge in [0.05, 0.1) is 19.3 Å². The van der Waals surface area contributed by atoms with Gasteiger partial charge in [0, 0.05) is 6.07 Å². The summed E-state index contributed by atoms with van der Waals surface area (Å²) in [5.74, 6) is -1.15. The highest BCUT2D eigenvalue weighted by Crippen LogP contribution is 2.08. The van der Waals surface area contributed by atoms with Crippen molar-refractivity contribution in [1.29, 1.82) is 0 Å². The van der Waals surface area contributed by atoms with Crippen molar-refractivity contribution in [2.75, 3.05) is 18.9 Å². The number of nitrogens with one attached hydrogen (secondary N) is 2. The summed E-state index contributed by atoms with van der Waals surface area (Å²) in [5.41, 5.74) is 5.45. The van der Waals surface area contributed by atoms with Crippen LogP contribution in [-0.4, -0.2) is 50.5 Å². The summed E-state index contributed by atoms with van der Waals surface area (Å²) in [6.45, 7) is 3.92. The van der Waals surface area contributed by atoms with Crippen LogP contribution in [0.4, 0.5) is 11.6 Å². The topological polar surface area (TPSA) is 179 Å². The number of ether oxygens (including phenoxy) is 2. The Morgan fingerprint density at radius 2 is 1.79 bits per heavy atom. The predicted octanol–water partition coefficient (Wildman–Crippen LogP) is 0.663. The van der Waals surface area contributed by atoms with Crippen molar-refractivity contribution in [2.24, 2.45) is 0 Å². The molecule has 0 fully saturated rings. The lowest BCUT2D eigenvalue weighted by atomic mass is 10.4. The summed E-state index contributed by atoms with van der Waals surface area (Å²) in [6, 6.07) is 2.45. The van der Waals surface area contributed by atoms with Crippen LogP contribution in [0.5, 0.6) is 0 Å². The zero-order valence-corrected chi connectivity index (χ0v) is 12.9. The second-order valence-corrected chi connectivity index (χ2v) is 4.04. The molecule has 0 atom stereocenters. The van der Waals surface area contributed by atoms with Gasteiger partial charge in [0.1, 0.15) is 11.5 Å². The maximum absolute atomic E-state index is 11.0. The SMILES string of the molecule is CCOC(=O)c1cc(N)n[nH]1.CCOC(=O)c1cc([N+](=O)[O-])[nH]n1. The zero-order chi connectivity index (χ0) is 18.1. The molecule has 4 N–H and O–H groups in total. The van der Waals surface area contributed by atoms with Crippen LogP contribution in [0.2, 0.25) is 0 Å². The van der Waals surface area contributed by atoms with E-state index < -0.39 is 16.9 Å². The summed E-state index contributed by atoms with van der Waals surface area (Å²) in [6.07, 6.45) is 0. The van der Waals surface area contributed by atoms with Crippen molar-refractivity contribution < 1.29 is 24.0 Å². The summed E-state index contributed by atoms with van der Waals surface area (Å²) in [7, 11) is 0. The molecule has 2 heterocycles. The van der Waals surface area contributed by atoms with Crippen LogP contribution < -0.4 is 5.73 Å². The van der Waals surface area contributed by atoms with E-state index in [4.69, 9.17) is 5.73 Å². The average molecular weight is 340 g/mol. The highest BCUT2D eigenvalue weighted by atomic mass is 16.6. The second-order valence-electron chi connectivity index (χ2n) is 4.04. The van der Waals surface area contributed by atoms with Crippen molar-refractivity contribution in [3.63, 3.8) is 0 Å². The first kappa shape index (κ1) is 18.6. The maximum atomic E-state index is 11.0. The molecule has 24 heavy (non-hydrogen) atoms.